The van der Waals surface area contributed by atoms with Crippen molar-refractivity contribution in [1.29, 1.82) is 0 Å². The SMILES string of the molecule is C=C/C(=C\NC)c1cc(OC)cc([C@@H](C)NC(=O)c2ccccc2CCCN)c1.[HH]. The first-order valence-corrected chi connectivity index (χ1v) is 9.82. The van der Waals surface area contributed by atoms with Gasteiger partial charge in [0.1, 0.15) is 5.75 Å². The van der Waals surface area contributed by atoms with E-state index < -0.39 is 0 Å². The molecule has 2 aromatic carbocycles. The highest BCUT2D eigenvalue weighted by atomic mass is 16.5. The van der Waals surface area contributed by atoms with Gasteiger partial charge in [0.15, 0.2) is 0 Å². The zero-order chi connectivity index (χ0) is 21.2. The molecule has 5 heteroatoms. The molecular weight excluding hydrogens is 362 g/mol. The number of methoxy groups -OCH3 is 1. The Morgan fingerprint density at radius 3 is 2.72 bits per heavy atom. The van der Waals surface area contributed by atoms with E-state index in [0.717, 1.165) is 40.9 Å². The highest BCUT2D eigenvalue weighted by Crippen LogP contribution is 2.27. The van der Waals surface area contributed by atoms with Gasteiger partial charge in [0.05, 0.1) is 13.2 Å². The fourth-order valence-electron chi connectivity index (χ4n) is 3.18. The number of carbonyl (C=O) groups excluding carboxylic acids is 1. The molecule has 2 aromatic rings. The maximum Gasteiger partial charge on any atom is 0.252 e. The molecule has 29 heavy (non-hydrogen) atoms. The van der Waals surface area contributed by atoms with Crippen molar-refractivity contribution in [1.82, 2.24) is 10.6 Å². The molecule has 5 nitrogen and oxygen atoms in total. The summed E-state index contributed by atoms with van der Waals surface area (Å²) in [5.74, 6) is 0.634. The van der Waals surface area contributed by atoms with E-state index in [9.17, 15) is 4.79 Å². The molecule has 0 aliphatic carbocycles. The third-order valence-electron chi connectivity index (χ3n) is 4.78. The van der Waals surface area contributed by atoms with Crippen LogP contribution in [-0.2, 0) is 6.42 Å². The van der Waals surface area contributed by atoms with Crippen molar-refractivity contribution in [3.63, 3.8) is 0 Å². The summed E-state index contributed by atoms with van der Waals surface area (Å²) >= 11 is 0. The number of carbonyl (C=O) groups is 1. The summed E-state index contributed by atoms with van der Waals surface area (Å²) < 4.78 is 5.47. The summed E-state index contributed by atoms with van der Waals surface area (Å²) in [6.07, 6.45) is 5.30. The number of aryl methyl sites for hydroxylation is 1. The maximum atomic E-state index is 12.9. The van der Waals surface area contributed by atoms with Gasteiger partial charge in [-0.05, 0) is 72.8 Å². The molecule has 0 bridgehead atoms. The van der Waals surface area contributed by atoms with Gasteiger partial charge in [-0.25, -0.2) is 0 Å². The number of ether oxygens (including phenoxy) is 1. The van der Waals surface area contributed by atoms with E-state index >= 15 is 0 Å². The van der Waals surface area contributed by atoms with Crippen LogP contribution in [-0.4, -0.2) is 26.6 Å². The van der Waals surface area contributed by atoms with E-state index in [2.05, 4.69) is 17.2 Å². The number of nitrogens with two attached hydrogens (primary N) is 1. The summed E-state index contributed by atoms with van der Waals surface area (Å²) in [5.41, 5.74) is 10.2. The second kappa shape index (κ2) is 11.1. The predicted molar refractivity (Wildman–Crippen MR) is 122 cm³/mol. The first-order valence-electron chi connectivity index (χ1n) is 9.82. The second-order valence-electron chi connectivity index (χ2n) is 6.83. The zero-order valence-corrected chi connectivity index (χ0v) is 17.5. The number of hydrogen-bond donors (Lipinski definition) is 3. The molecule has 1 amide bonds. The van der Waals surface area contributed by atoms with Crippen LogP contribution in [0.15, 0.2) is 61.3 Å². The zero-order valence-electron chi connectivity index (χ0n) is 17.5. The van der Waals surface area contributed by atoms with Crippen LogP contribution < -0.4 is 21.1 Å². The lowest BCUT2D eigenvalue weighted by molar-refractivity contribution is 0.0939. The van der Waals surface area contributed by atoms with Gasteiger partial charge in [-0.15, -0.1) is 0 Å². The van der Waals surface area contributed by atoms with E-state index in [4.69, 9.17) is 10.5 Å². The number of hydrogen-bond acceptors (Lipinski definition) is 4. The van der Waals surface area contributed by atoms with Gasteiger partial charge >= 0.3 is 0 Å². The molecule has 0 aliphatic heterocycles. The lowest BCUT2D eigenvalue weighted by atomic mass is 9.98. The highest BCUT2D eigenvalue weighted by Gasteiger charge is 2.16. The Balaban J connectivity index is 0.00000450. The Labute approximate surface area is 175 Å². The van der Waals surface area contributed by atoms with Crippen LogP contribution in [0.5, 0.6) is 5.75 Å². The van der Waals surface area contributed by atoms with E-state index in [-0.39, 0.29) is 13.4 Å². The number of amides is 1. The van der Waals surface area contributed by atoms with Gasteiger partial charge in [0, 0.05) is 20.2 Å². The molecule has 0 radical (unpaired) electrons. The topological polar surface area (TPSA) is 76.4 Å². The van der Waals surface area contributed by atoms with E-state index in [1.54, 1.807) is 13.2 Å². The predicted octanol–water partition coefficient (Wildman–Crippen LogP) is 4.07. The molecule has 2 rings (SSSR count). The van der Waals surface area contributed by atoms with Gasteiger partial charge in [-0.3, -0.25) is 4.79 Å². The minimum atomic E-state index is -0.195. The van der Waals surface area contributed by atoms with Gasteiger partial charge in [0.2, 0.25) is 0 Å². The summed E-state index contributed by atoms with van der Waals surface area (Å²) in [6.45, 7) is 6.45. The fraction of sp³-hybridized carbons (Fsp3) is 0.292. The van der Waals surface area contributed by atoms with Crippen LogP contribution in [0.3, 0.4) is 0 Å². The summed E-state index contributed by atoms with van der Waals surface area (Å²) in [7, 11) is 3.48. The Bertz CT molecular complexity index is 881. The lowest BCUT2D eigenvalue weighted by Crippen LogP contribution is -2.27. The second-order valence-corrected chi connectivity index (χ2v) is 6.83. The summed E-state index contributed by atoms with van der Waals surface area (Å²) in [6, 6.07) is 13.4. The van der Waals surface area contributed by atoms with E-state index in [1.165, 1.54) is 0 Å². The Morgan fingerprint density at radius 1 is 1.31 bits per heavy atom. The molecule has 0 saturated heterocycles. The average Bonchev–Trinajstić information content (AvgIpc) is 2.75. The van der Waals surface area contributed by atoms with Gasteiger partial charge < -0.3 is 21.1 Å². The summed E-state index contributed by atoms with van der Waals surface area (Å²) in [4.78, 5) is 12.9. The fourth-order valence-corrected chi connectivity index (χ4v) is 3.18. The Kier molecular flexibility index (Phi) is 8.49. The van der Waals surface area contributed by atoms with Crippen molar-refractivity contribution in [2.24, 2.45) is 5.73 Å². The molecule has 1 atom stereocenters. The lowest BCUT2D eigenvalue weighted by Gasteiger charge is -2.18. The van der Waals surface area contributed by atoms with Crippen molar-refractivity contribution in [2.75, 3.05) is 20.7 Å². The minimum absolute atomic E-state index is 0. The molecule has 156 valence electrons. The van der Waals surface area contributed by atoms with Crippen molar-refractivity contribution in [3.05, 3.63) is 83.6 Å². The number of rotatable bonds is 10. The number of benzene rings is 2. The van der Waals surface area contributed by atoms with Crippen LogP contribution in [0, 0.1) is 0 Å². The summed E-state index contributed by atoms with van der Waals surface area (Å²) in [5, 5.41) is 6.14. The molecular formula is C24H33N3O2. The van der Waals surface area contributed by atoms with Crippen molar-refractivity contribution >= 4 is 11.5 Å². The van der Waals surface area contributed by atoms with Crippen LogP contribution in [0.1, 0.15) is 47.9 Å². The average molecular weight is 396 g/mol. The smallest absolute Gasteiger partial charge is 0.252 e. The Hall–Kier alpha value is -3.05. The van der Waals surface area contributed by atoms with Crippen LogP contribution in [0.2, 0.25) is 0 Å². The Morgan fingerprint density at radius 2 is 2.07 bits per heavy atom. The number of nitrogens with one attached hydrogen (secondary N) is 2. The monoisotopic (exact) mass is 395 g/mol. The van der Waals surface area contributed by atoms with E-state index in [0.29, 0.717) is 12.1 Å². The molecule has 4 N–H and O–H groups in total. The maximum absolute atomic E-state index is 12.9. The molecule has 0 saturated carbocycles. The van der Waals surface area contributed by atoms with Crippen molar-refractivity contribution < 1.29 is 11.0 Å². The van der Waals surface area contributed by atoms with E-state index in [1.807, 2.05) is 62.6 Å². The molecule has 0 unspecified atom stereocenters. The normalized spacial score (nSPS) is 12.2. The van der Waals surface area contributed by atoms with Gasteiger partial charge in [0.25, 0.3) is 5.91 Å². The largest absolute Gasteiger partial charge is 0.497 e. The van der Waals surface area contributed by atoms with Crippen LogP contribution >= 0.6 is 0 Å². The van der Waals surface area contributed by atoms with Crippen LogP contribution in [0.25, 0.3) is 5.57 Å². The first-order chi connectivity index (χ1) is 14.0. The standard InChI is InChI=1S/C24H31N3O2.H2/c1-5-18(16-26-3)21-13-20(14-22(15-21)29-4)17(2)27-24(28)23-11-7-6-9-19(23)10-8-12-25;/h5-7,9,11,13-17,26H,1,8,10,12,25H2,2-4H3,(H,27,28);1H/b18-16+;/t17-;/m1./s1. The number of allylic oxidation sites excluding steroid dienone is 2. The molecule has 0 aromatic heterocycles. The molecule has 0 heterocycles. The molecule has 0 spiro atoms. The third kappa shape index (κ3) is 5.96. The molecule has 0 fully saturated rings. The van der Waals surface area contributed by atoms with Crippen molar-refractivity contribution in [3.8, 4) is 5.75 Å². The van der Waals surface area contributed by atoms with Crippen molar-refractivity contribution in [2.45, 2.75) is 25.8 Å². The molecule has 0 aliphatic rings. The first kappa shape index (κ1) is 22.2. The third-order valence-corrected chi connectivity index (χ3v) is 4.78. The van der Waals surface area contributed by atoms with Crippen LogP contribution in [0.4, 0.5) is 0 Å². The quantitative estimate of drug-likeness (QED) is 0.530. The minimum Gasteiger partial charge on any atom is -0.497 e. The van der Waals surface area contributed by atoms with Gasteiger partial charge in [-0.2, -0.15) is 0 Å². The van der Waals surface area contributed by atoms with Gasteiger partial charge in [-0.1, -0.05) is 30.9 Å². The highest BCUT2D eigenvalue weighted by molar-refractivity contribution is 5.96.